The topological polar surface area (TPSA) is 89.7 Å². The van der Waals surface area contributed by atoms with Gasteiger partial charge in [-0.3, -0.25) is 4.79 Å². The molecule has 0 saturated carbocycles. The third-order valence-corrected chi connectivity index (χ3v) is 5.05. The van der Waals surface area contributed by atoms with E-state index in [-0.39, 0.29) is 16.4 Å². The summed E-state index contributed by atoms with van der Waals surface area (Å²) in [5.41, 5.74) is 6.06. The van der Waals surface area contributed by atoms with Crippen molar-refractivity contribution in [3.05, 3.63) is 29.8 Å². The molecule has 0 bridgehead atoms. The van der Waals surface area contributed by atoms with Crippen molar-refractivity contribution in [2.75, 3.05) is 20.7 Å². The van der Waals surface area contributed by atoms with E-state index in [1.54, 1.807) is 19.1 Å². The van der Waals surface area contributed by atoms with Crippen molar-refractivity contribution in [3.8, 4) is 0 Å². The summed E-state index contributed by atoms with van der Waals surface area (Å²) in [4.78, 5) is 11.7. The van der Waals surface area contributed by atoms with Gasteiger partial charge < -0.3 is 10.5 Å². The maximum absolute atomic E-state index is 12.4. The highest BCUT2D eigenvalue weighted by Crippen LogP contribution is 2.16. The molecular formula is C13H18N2O4S2. The van der Waals surface area contributed by atoms with Gasteiger partial charge in [0.2, 0.25) is 10.0 Å². The summed E-state index contributed by atoms with van der Waals surface area (Å²) in [5, 5.41) is 0. The van der Waals surface area contributed by atoms with Gasteiger partial charge in [-0.2, -0.15) is 0 Å². The first-order valence-corrected chi connectivity index (χ1v) is 7.99. The van der Waals surface area contributed by atoms with Gasteiger partial charge in [-0.25, -0.2) is 12.7 Å². The maximum Gasteiger partial charge on any atom is 0.309 e. The van der Waals surface area contributed by atoms with E-state index in [1.165, 1.54) is 26.3 Å². The summed E-state index contributed by atoms with van der Waals surface area (Å²) in [5.74, 6) is -1.01. The second-order valence-electron chi connectivity index (χ2n) is 4.60. The van der Waals surface area contributed by atoms with Gasteiger partial charge >= 0.3 is 5.97 Å². The molecule has 0 aromatic heterocycles. The molecule has 6 nitrogen and oxygen atoms in total. The first-order chi connectivity index (χ1) is 9.70. The zero-order chi connectivity index (χ0) is 16.2. The van der Waals surface area contributed by atoms with Crippen molar-refractivity contribution in [2.24, 2.45) is 11.7 Å². The van der Waals surface area contributed by atoms with Gasteiger partial charge in [-0.15, -0.1) is 0 Å². The highest BCUT2D eigenvalue weighted by atomic mass is 32.2. The van der Waals surface area contributed by atoms with E-state index in [0.29, 0.717) is 5.56 Å². The standard InChI is InChI=1S/C13H18N2O4S2/c1-9(13(16)19-3)8-15(2)21(17,18)11-6-4-10(5-7-11)12(14)20/h4-7,9H,8H2,1-3H3,(H2,14,20). The number of hydrogen-bond donors (Lipinski definition) is 1. The number of carbonyl (C=O) groups excluding carboxylic acids is 1. The molecule has 0 aliphatic heterocycles. The van der Waals surface area contributed by atoms with E-state index in [2.05, 4.69) is 4.74 Å². The number of thiocarbonyl (C=S) groups is 1. The number of nitrogens with zero attached hydrogens (tertiary/aromatic N) is 1. The molecule has 116 valence electrons. The number of hydrogen-bond acceptors (Lipinski definition) is 5. The molecule has 21 heavy (non-hydrogen) atoms. The summed E-state index contributed by atoms with van der Waals surface area (Å²) in [6, 6.07) is 5.96. The summed E-state index contributed by atoms with van der Waals surface area (Å²) in [6.45, 7) is 1.64. The number of carbonyl (C=O) groups is 1. The maximum atomic E-state index is 12.4. The zero-order valence-corrected chi connectivity index (χ0v) is 13.7. The van der Waals surface area contributed by atoms with Crippen LogP contribution in [0, 0.1) is 5.92 Å². The van der Waals surface area contributed by atoms with Crippen LogP contribution in [0.15, 0.2) is 29.2 Å². The van der Waals surface area contributed by atoms with Crippen molar-refractivity contribution >= 4 is 33.2 Å². The van der Waals surface area contributed by atoms with E-state index in [9.17, 15) is 13.2 Å². The average molecular weight is 330 g/mol. The predicted molar refractivity (Wildman–Crippen MR) is 83.3 cm³/mol. The smallest absolute Gasteiger partial charge is 0.309 e. The lowest BCUT2D eigenvalue weighted by atomic mass is 10.2. The monoisotopic (exact) mass is 330 g/mol. The molecule has 0 spiro atoms. The molecule has 1 aromatic carbocycles. The minimum Gasteiger partial charge on any atom is -0.469 e. The van der Waals surface area contributed by atoms with E-state index in [4.69, 9.17) is 18.0 Å². The van der Waals surface area contributed by atoms with Crippen LogP contribution in [0.25, 0.3) is 0 Å². The number of ether oxygens (including phenoxy) is 1. The Hall–Kier alpha value is -1.51. The molecule has 1 unspecified atom stereocenters. The molecular weight excluding hydrogens is 312 g/mol. The van der Waals surface area contributed by atoms with E-state index < -0.39 is 21.9 Å². The van der Waals surface area contributed by atoms with Gasteiger partial charge in [0.15, 0.2) is 0 Å². The Kier molecular flexibility index (Phi) is 5.82. The lowest BCUT2D eigenvalue weighted by molar-refractivity contribution is -0.144. The molecule has 1 aromatic rings. The molecule has 1 rings (SSSR count). The SMILES string of the molecule is COC(=O)C(C)CN(C)S(=O)(=O)c1ccc(C(N)=S)cc1. The van der Waals surface area contributed by atoms with E-state index in [1.807, 2.05) is 0 Å². The Labute approximate surface area is 129 Å². The number of rotatable bonds is 6. The Morgan fingerprint density at radius 1 is 1.38 bits per heavy atom. The van der Waals surface area contributed by atoms with Crippen LogP contribution in [-0.4, -0.2) is 44.4 Å². The van der Waals surface area contributed by atoms with Crippen LogP contribution >= 0.6 is 12.2 Å². The Bertz CT molecular complexity index is 626. The third kappa shape index (κ3) is 4.23. The van der Waals surface area contributed by atoms with Crippen molar-refractivity contribution in [1.29, 1.82) is 0 Å². The molecule has 0 radical (unpaired) electrons. The van der Waals surface area contributed by atoms with Gasteiger partial charge in [0.1, 0.15) is 4.99 Å². The molecule has 1 atom stereocenters. The number of sulfonamides is 1. The highest BCUT2D eigenvalue weighted by Gasteiger charge is 2.25. The molecule has 0 fully saturated rings. The minimum absolute atomic E-state index is 0.0338. The molecule has 0 saturated heterocycles. The van der Waals surface area contributed by atoms with Gasteiger partial charge in [0.25, 0.3) is 0 Å². The second-order valence-corrected chi connectivity index (χ2v) is 7.08. The summed E-state index contributed by atoms with van der Waals surface area (Å²) in [6.07, 6.45) is 0. The normalized spacial score (nSPS) is 13.0. The van der Waals surface area contributed by atoms with Crippen molar-refractivity contribution in [3.63, 3.8) is 0 Å². The average Bonchev–Trinajstić information content (AvgIpc) is 2.46. The Morgan fingerprint density at radius 2 is 1.90 bits per heavy atom. The number of methoxy groups -OCH3 is 1. The zero-order valence-electron chi connectivity index (χ0n) is 12.1. The molecule has 0 heterocycles. The minimum atomic E-state index is -3.68. The van der Waals surface area contributed by atoms with E-state index in [0.717, 1.165) is 4.31 Å². The lowest BCUT2D eigenvalue weighted by Crippen LogP contribution is -2.34. The van der Waals surface area contributed by atoms with Crippen molar-refractivity contribution in [2.45, 2.75) is 11.8 Å². The molecule has 0 aliphatic carbocycles. The third-order valence-electron chi connectivity index (χ3n) is 2.98. The number of esters is 1. The molecule has 0 aliphatic rings. The molecule has 2 N–H and O–H groups in total. The first-order valence-electron chi connectivity index (χ1n) is 6.14. The lowest BCUT2D eigenvalue weighted by Gasteiger charge is -2.20. The summed E-state index contributed by atoms with van der Waals surface area (Å²) >= 11 is 4.82. The molecule has 0 amide bonds. The van der Waals surface area contributed by atoms with Crippen LogP contribution in [-0.2, 0) is 19.6 Å². The fraction of sp³-hybridized carbons (Fsp3) is 0.385. The van der Waals surface area contributed by atoms with Gasteiger partial charge in [0, 0.05) is 19.2 Å². The Morgan fingerprint density at radius 3 is 2.33 bits per heavy atom. The van der Waals surface area contributed by atoms with E-state index >= 15 is 0 Å². The van der Waals surface area contributed by atoms with Gasteiger partial charge in [-0.1, -0.05) is 31.3 Å². The van der Waals surface area contributed by atoms with Crippen LogP contribution < -0.4 is 5.73 Å². The fourth-order valence-corrected chi connectivity index (χ4v) is 3.13. The van der Waals surface area contributed by atoms with Crippen molar-refractivity contribution in [1.82, 2.24) is 4.31 Å². The van der Waals surface area contributed by atoms with Gasteiger partial charge in [-0.05, 0) is 12.1 Å². The Balaban J connectivity index is 2.94. The van der Waals surface area contributed by atoms with Crippen LogP contribution in [0.5, 0.6) is 0 Å². The highest BCUT2D eigenvalue weighted by molar-refractivity contribution is 7.89. The number of nitrogens with two attached hydrogens (primary N) is 1. The predicted octanol–water partition coefficient (Wildman–Crippen LogP) is 0.750. The van der Waals surface area contributed by atoms with Gasteiger partial charge in [0.05, 0.1) is 17.9 Å². The summed E-state index contributed by atoms with van der Waals surface area (Å²) in [7, 11) is -0.998. The van der Waals surface area contributed by atoms with Crippen LogP contribution in [0.3, 0.4) is 0 Å². The van der Waals surface area contributed by atoms with Crippen LogP contribution in [0.4, 0.5) is 0 Å². The molecule has 8 heteroatoms. The first kappa shape index (κ1) is 17.5. The van der Waals surface area contributed by atoms with Crippen LogP contribution in [0.2, 0.25) is 0 Å². The number of benzene rings is 1. The van der Waals surface area contributed by atoms with Crippen molar-refractivity contribution < 1.29 is 17.9 Å². The second kappa shape index (κ2) is 6.97. The summed E-state index contributed by atoms with van der Waals surface area (Å²) < 4.78 is 30.4. The quantitative estimate of drug-likeness (QED) is 0.611. The largest absolute Gasteiger partial charge is 0.469 e. The van der Waals surface area contributed by atoms with Crippen LogP contribution in [0.1, 0.15) is 12.5 Å². The fourth-order valence-electron chi connectivity index (χ4n) is 1.73.